The van der Waals surface area contributed by atoms with Gasteiger partial charge in [0.1, 0.15) is 12.2 Å². The maximum atomic E-state index is 11.0. The van der Waals surface area contributed by atoms with E-state index >= 15 is 0 Å². The van der Waals surface area contributed by atoms with E-state index in [1.54, 1.807) is 0 Å². The Morgan fingerprint density at radius 2 is 1.42 bits per heavy atom. The van der Waals surface area contributed by atoms with E-state index in [0.29, 0.717) is 0 Å². The second-order valence-electron chi connectivity index (χ2n) is 4.46. The molecule has 143 valence electrons. The number of rotatable bonds is 14. The van der Waals surface area contributed by atoms with Crippen LogP contribution in [0.2, 0.25) is 0 Å². The van der Waals surface area contributed by atoms with Gasteiger partial charge in [0.2, 0.25) is 0 Å². The Bertz CT molecular complexity index is 233. The average Bonchev–Trinajstić information content (AvgIpc) is 2.59. The fourth-order valence-electron chi connectivity index (χ4n) is 1.21. The molecular weight excluding hydrogens is 372 g/mol. The first-order valence-corrected chi connectivity index (χ1v) is 6.80. The number of carbonyl (C=O) groups excluding carboxylic acids is 1. The van der Waals surface area contributed by atoms with Crippen LogP contribution >= 0.6 is 0 Å². The monoisotopic (exact) mass is 395 g/mol. The smallest absolute Gasteiger partial charge is 0.855 e. The van der Waals surface area contributed by atoms with Gasteiger partial charge in [0.15, 0.2) is 0 Å². The summed E-state index contributed by atoms with van der Waals surface area (Å²) in [4.78, 5) is 7.50. The molecule has 0 saturated carbocycles. The van der Waals surface area contributed by atoms with Crippen LogP contribution in [-0.2, 0) is 36.1 Å². The van der Waals surface area contributed by atoms with Crippen molar-refractivity contribution in [1.29, 1.82) is 0 Å². The molecule has 0 amide bonds. The number of aliphatic hydroxyl groups excluding tert-OH is 3. The third kappa shape index (κ3) is 18.2. The Hall–Kier alpha value is -0.171. The molecule has 0 fully saturated rings. The van der Waals surface area contributed by atoms with Crippen LogP contribution in [0.1, 0.15) is 0 Å². The van der Waals surface area contributed by atoms with Crippen LogP contribution in [0.3, 0.4) is 0 Å². The fourth-order valence-corrected chi connectivity index (χ4v) is 1.21. The Morgan fingerprint density at radius 1 is 0.875 bits per heavy atom. The van der Waals surface area contributed by atoms with Gasteiger partial charge in [-0.2, -0.15) is 6.61 Å². The van der Waals surface area contributed by atoms with Crippen molar-refractivity contribution in [3.63, 3.8) is 0 Å². The van der Waals surface area contributed by atoms with Crippen LogP contribution in [0.15, 0.2) is 0 Å². The summed E-state index contributed by atoms with van der Waals surface area (Å²) in [6, 6.07) is 0. The third-order valence-corrected chi connectivity index (χ3v) is 2.34. The number of ether oxygens (including phenoxy) is 3. The molecule has 0 saturated heterocycles. The van der Waals surface area contributed by atoms with Crippen molar-refractivity contribution in [2.75, 3.05) is 52.9 Å². The van der Waals surface area contributed by atoms with Crippen LogP contribution < -0.4 is 15.3 Å². The zero-order valence-corrected chi connectivity index (χ0v) is 14.1. The van der Waals surface area contributed by atoms with Crippen LogP contribution in [-0.4, -0.2) is 99.4 Å². The van der Waals surface area contributed by atoms with Crippen LogP contribution in [0.25, 0.3) is 0 Å². The first-order valence-electron chi connectivity index (χ1n) is 6.80. The molecular formula is C13H23FeO10. The molecule has 0 rings (SSSR count). The SMILES string of the molecule is [C]=O.[Fe+3].[O-]CC([O-])COCC(COCC(O)CO)OCC([O-])CO. The molecule has 0 aliphatic heterocycles. The van der Waals surface area contributed by atoms with Crippen molar-refractivity contribution in [2.45, 2.75) is 24.4 Å². The molecule has 0 aliphatic rings. The minimum absolute atomic E-state index is 0. The largest absolute Gasteiger partial charge is 3.00 e. The molecule has 0 heterocycles. The standard InChI is InChI=1S/C12H23O9.CO.Fe/c13-1-9(16)4-19-7-12(21-6-11(18)3-15)8-20-5-10(17)2-14;1-2;/h9-13,15-16H,1-8H2;;/q-3;;+3. The molecule has 3 N–H and O–H groups in total. The van der Waals surface area contributed by atoms with E-state index < -0.39 is 44.2 Å². The van der Waals surface area contributed by atoms with Gasteiger partial charge in [0, 0.05) is 19.8 Å². The van der Waals surface area contributed by atoms with E-state index in [0.717, 1.165) is 0 Å². The van der Waals surface area contributed by atoms with Gasteiger partial charge in [0.05, 0.1) is 26.4 Å². The normalized spacial score (nSPS) is 15.4. The molecule has 0 bridgehead atoms. The second-order valence-corrected chi connectivity index (χ2v) is 4.46. The summed E-state index contributed by atoms with van der Waals surface area (Å²) in [7, 11) is 0. The van der Waals surface area contributed by atoms with Gasteiger partial charge < -0.3 is 44.8 Å². The van der Waals surface area contributed by atoms with Gasteiger partial charge in [-0.25, -0.2) is 0 Å². The molecule has 3 radical (unpaired) electrons. The Kier molecular flexibility index (Phi) is 24.9. The van der Waals surface area contributed by atoms with Crippen molar-refractivity contribution in [3.05, 3.63) is 0 Å². The van der Waals surface area contributed by atoms with Crippen LogP contribution in [0.4, 0.5) is 0 Å². The minimum atomic E-state index is -1.37. The summed E-state index contributed by atoms with van der Waals surface area (Å²) in [5.41, 5.74) is 0. The first kappa shape index (κ1) is 28.6. The van der Waals surface area contributed by atoms with Crippen LogP contribution in [0.5, 0.6) is 0 Å². The van der Waals surface area contributed by atoms with E-state index in [9.17, 15) is 15.3 Å². The van der Waals surface area contributed by atoms with Gasteiger partial charge in [-0.15, -0.1) is 6.10 Å². The van der Waals surface area contributed by atoms with Gasteiger partial charge >= 0.3 is 17.1 Å². The van der Waals surface area contributed by atoms with E-state index in [-0.39, 0.29) is 50.1 Å². The maximum Gasteiger partial charge on any atom is 3.00 e. The molecule has 0 aliphatic carbocycles. The topological polar surface area (TPSA) is 175 Å². The Morgan fingerprint density at radius 3 is 1.88 bits per heavy atom. The fraction of sp³-hybridized carbons (Fsp3) is 0.923. The van der Waals surface area contributed by atoms with E-state index in [1.165, 1.54) is 0 Å². The molecule has 11 heteroatoms. The molecule has 4 atom stereocenters. The molecule has 0 aromatic rings. The Labute approximate surface area is 151 Å². The van der Waals surface area contributed by atoms with Crippen LogP contribution in [0, 0.1) is 0 Å². The third-order valence-electron chi connectivity index (χ3n) is 2.34. The number of hydrogen-bond acceptors (Lipinski definition) is 10. The van der Waals surface area contributed by atoms with Gasteiger partial charge in [-0.3, -0.25) is 4.79 Å². The van der Waals surface area contributed by atoms with E-state index in [2.05, 4.69) is 6.79 Å². The first-order chi connectivity index (χ1) is 11.0. The quantitative estimate of drug-likeness (QED) is 0.240. The summed E-state index contributed by atoms with van der Waals surface area (Å²) < 4.78 is 15.3. The average molecular weight is 395 g/mol. The molecule has 4 unspecified atom stereocenters. The zero-order chi connectivity index (χ0) is 18.1. The van der Waals surface area contributed by atoms with Crippen molar-refractivity contribution in [3.8, 4) is 0 Å². The predicted molar refractivity (Wildman–Crippen MR) is 69.7 cm³/mol. The van der Waals surface area contributed by atoms with Crippen molar-refractivity contribution in [2.24, 2.45) is 0 Å². The van der Waals surface area contributed by atoms with E-state index in [1.807, 2.05) is 0 Å². The summed E-state index contributed by atoms with van der Waals surface area (Å²) in [6.07, 6.45) is -4.38. The number of hydrogen-bond donors (Lipinski definition) is 3. The zero-order valence-electron chi connectivity index (χ0n) is 13.0. The summed E-state index contributed by atoms with van der Waals surface area (Å²) in [6.45, 7) is 1.93. The molecule has 0 spiro atoms. The van der Waals surface area contributed by atoms with Crippen molar-refractivity contribution in [1.82, 2.24) is 0 Å². The maximum absolute atomic E-state index is 11.0. The molecule has 0 aromatic heterocycles. The van der Waals surface area contributed by atoms with Gasteiger partial charge in [-0.05, 0) is 0 Å². The molecule has 10 nitrogen and oxygen atoms in total. The Balaban J connectivity index is -0.00000141. The summed E-state index contributed by atoms with van der Waals surface area (Å²) >= 11 is 0. The predicted octanol–water partition coefficient (Wildman–Crippen LogP) is -5.83. The number of aliphatic hydroxyl groups is 3. The van der Waals surface area contributed by atoms with Crippen molar-refractivity contribution < 1.29 is 66.7 Å². The molecule has 24 heavy (non-hydrogen) atoms. The molecule has 0 aromatic carbocycles. The summed E-state index contributed by atoms with van der Waals surface area (Å²) in [5.74, 6) is 0. The summed E-state index contributed by atoms with van der Waals surface area (Å²) in [5, 5.41) is 58.5. The van der Waals surface area contributed by atoms with E-state index in [4.69, 9.17) is 34.3 Å². The van der Waals surface area contributed by atoms with Gasteiger partial charge in [-0.1, -0.05) is 6.10 Å². The second kappa shape index (κ2) is 20.9. The minimum Gasteiger partial charge on any atom is -0.855 e. The van der Waals surface area contributed by atoms with Gasteiger partial charge in [0.25, 0.3) is 6.79 Å². The van der Waals surface area contributed by atoms with Crippen molar-refractivity contribution >= 4 is 6.79 Å².